The van der Waals surface area contributed by atoms with Crippen molar-refractivity contribution in [3.63, 3.8) is 0 Å². The average molecular weight is 373 g/mol. The van der Waals surface area contributed by atoms with E-state index in [4.69, 9.17) is 14.2 Å². The van der Waals surface area contributed by atoms with Crippen molar-refractivity contribution < 1.29 is 19.0 Å². The topological polar surface area (TPSA) is 65.8 Å². The molecule has 0 saturated carbocycles. The van der Waals surface area contributed by atoms with Gasteiger partial charge in [-0.2, -0.15) is 0 Å². The zero-order valence-corrected chi connectivity index (χ0v) is 16.2. The molecule has 3 rings (SSSR count). The van der Waals surface area contributed by atoms with Crippen LogP contribution < -0.4 is 14.2 Å². The first-order valence-electron chi connectivity index (χ1n) is 9.17. The average Bonchev–Trinajstić information content (AvgIpc) is 3.20. The molecule has 1 aromatic heterocycles. The highest BCUT2D eigenvalue weighted by atomic mass is 16.5. The second-order valence-electron chi connectivity index (χ2n) is 6.82. The molecule has 0 bridgehead atoms. The Morgan fingerprint density at radius 3 is 2.52 bits per heavy atom. The number of hydrogen-bond acceptors (Lipinski definition) is 5. The van der Waals surface area contributed by atoms with Crippen LogP contribution in [0.1, 0.15) is 18.4 Å². The lowest BCUT2D eigenvalue weighted by molar-refractivity contribution is -0.132. The van der Waals surface area contributed by atoms with Gasteiger partial charge in [-0.05, 0) is 36.5 Å². The molecule has 0 aliphatic carbocycles. The van der Waals surface area contributed by atoms with Gasteiger partial charge < -0.3 is 23.7 Å². The number of amides is 1. The summed E-state index contributed by atoms with van der Waals surface area (Å²) in [6, 6.07) is 3.68. The van der Waals surface area contributed by atoms with Gasteiger partial charge in [-0.3, -0.25) is 4.79 Å². The zero-order chi connectivity index (χ0) is 19.2. The van der Waals surface area contributed by atoms with Crippen LogP contribution in [0.2, 0.25) is 0 Å². The van der Waals surface area contributed by atoms with Gasteiger partial charge in [0.05, 0.1) is 34.1 Å². The molecule has 2 aromatic rings. The first kappa shape index (κ1) is 19.1. The standard InChI is InChI=1S/C20H27N3O4/c1-25-17-9-16(10-18(26-2)20(17)27-3)11-19(24)23-7-4-5-15(13-23)12-22-8-6-21-14-22/h6,8-10,14-15H,4-5,7,11-13H2,1-3H3/t15-/m0/s1. The van der Waals surface area contributed by atoms with Gasteiger partial charge in [-0.25, -0.2) is 4.98 Å². The lowest BCUT2D eigenvalue weighted by atomic mass is 9.97. The maximum Gasteiger partial charge on any atom is 0.227 e. The summed E-state index contributed by atoms with van der Waals surface area (Å²) in [6.45, 7) is 2.49. The van der Waals surface area contributed by atoms with Gasteiger partial charge >= 0.3 is 0 Å². The zero-order valence-electron chi connectivity index (χ0n) is 16.2. The molecule has 146 valence electrons. The third kappa shape index (κ3) is 4.53. The fraction of sp³-hybridized carbons (Fsp3) is 0.500. The summed E-state index contributed by atoms with van der Waals surface area (Å²) in [6.07, 6.45) is 8.06. The fourth-order valence-corrected chi connectivity index (χ4v) is 3.66. The van der Waals surface area contributed by atoms with Gasteiger partial charge in [-0.15, -0.1) is 0 Å². The van der Waals surface area contributed by atoms with Crippen LogP contribution in [0.5, 0.6) is 17.2 Å². The molecule has 1 aromatic carbocycles. The van der Waals surface area contributed by atoms with Crippen molar-refractivity contribution in [2.24, 2.45) is 5.92 Å². The Kier molecular flexibility index (Phi) is 6.21. The number of piperidine rings is 1. The monoisotopic (exact) mass is 373 g/mol. The van der Waals surface area contributed by atoms with Crippen molar-refractivity contribution in [3.8, 4) is 17.2 Å². The van der Waals surface area contributed by atoms with Crippen LogP contribution in [-0.2, 0) is 17.8 Å². The van der Waals surface area contributed by atoms with Crippen molar-refractivity contribution in [2.75, 3.05) is 34.4 Å². The van der Waals surface area contributed by atoms with Crippen molar-refractivity contribution in [2.45, 2.75) is 25.8 Å². The summed E-state index contributed by atoms with van der Waals surface area (Å²) in [5.74, 6) is 2.25. The SMILES string of the molecule is COc1cc(CC(=O)N2CCC[C@@H](Cn3ccnc3)C2)cc(OC)c1OC. The van der Waals surface area contributed by atoms with E-state index in [1.54, 1.807) is 27.5 Å². The summed E-state index contributed by atoms with van der Waals surface area (Å²) in [5, 5.41) is 0. The molecule has 1 saturated heterocycles. The number of imidazole rings is 1. The quantitative estimate of drug-likeness (QED) is 0.746. The summed E-state index contributed by atoms with van der Waals surface area (Å²) in [7, 11) is 4.72. The second-order valence-corrected chi connectivity index (χ2v) is 6.82. The van der Waals surface area contributed by atoms with Gasteiger partial charge in [0.25, 0.3) is 0 Å². The van der Waals surface area contributed by atoms with E-state index in [-0.39, 0.29) is 5.91 Å². The second kappa shape index (κ2) is 8.79. The van der Waals surface area contributed by atoms with Gasteiger partial charge in [0.1, 0.15) is 0 Å². The number of likely N-dealkylation sites (tertiary alicyclic amines) is 1. The van der Waals surface area contributed by atoms with E-state index in [0.717, 1.165) is 38.0 Å². The van der Waals surface area contributed by atoms with E-state index in [1.165, 1.54) is 0 Å². The Labute approximate surface area is 159 Å². The summed E-state index contributed by atoms with van der Waals surface area (Å²) in [5.41, 5.74) is 0.853. The molecule has 0 spiro atoms. The van der Waals surface area contributed by atoms with Gasteiger partial charge in [0.15, 0.2) is 11.5 Å². The van der Waals surface area contributed by atoms with E-state index in [9.17, 15) is 4.79 Å². The number of rotatable bonds is 7. The molecule has 0 unspecified atom stereocenters. The van der Waals surface area contributed by atoms with Crippen LogP contribution in [0.15, 0.2) is 30.9 Å². The number of benzene rings is 1. The minimum absolute atomic E-state index is 0.125. The van der Waals surface area contributed by atoms with Crippen LogP contribution in [0.4, 0.5) is 0 Å². The van der Waals surface area contributed by atoms with E-state index in [2.05, 4.69) is 9.55 Å². The molecule has 7 heteroatoms. The molecule has 7 nitrogen and oxygen atoms in total. The molecular weight excluding hydrogens is 346 g/mol. The van der Waals surface area contributed by atoms with Gasteiger partial charge in [-0.1, -0.05) is 0 Å². The molecular formula is C20H27N3O4. The Morgan fingerprint density at radius 2 is 1.93 bits per heavy atom. The number of nitrogens with zero attached hydrogens (tertiary/aromatic N) is 3. The van der Waals surface area contributed by atoms with E-state index in [0.29, 0.717) is 29.6 Å². The van der Waals surface area contributed by atoms with E-state index >= 15 is 0 Å². The molecule has 27 heavy (non-hydrogen) atoms. The van der Waals surface area contributed by atoms with Crippen molar-refractivity contribution in [1.82, 2.24) is 14.5 Å². The first-order valence-corrected chi connectivity index (χ1v) is 9.17. The molecule has 1 aliphatic heterocycles. The maximum absolute atomic E-state index is 12.9. The van der Waals surface area contributed by atoms with Crippen molar-refractivity contribution >= 4 is 5.91 Å². The highest BCUT2D eigenvalue weighted by Gasteiger charge is 2.24. The normalized spacial score (nSPS) is 16.9. The van der Waals surface area contributed by atoms with Crippen LogP contribution in [0.25, 0.3) is 0 Å². The Hall–Kier alpha value is -2.70. The predicted molar refractivity (Wildman–Crippen MR) is 101 cm³/mol. The number of ether oxygens (including phenoxy) is 3. The largest absolute Gasteiger partial charge is 0.493 e. The third-order valence-electron chi connectivity index (χ3n) is 4.98. The maximum atomic E-state index is 12.9. The number of aromatic nitrogens is 2. The molecule has 0 radical (unpaired) electrons. The van der Waals surface area contributed by atoms with Crippen LogP contribution >= 0.6 is 0 Å². The van der Waals surface area contributed by atoms with Gasteiger partial charge in [0, 0.05) is 32.0 Å². The van der Waals surface area contributed by atoms with Gasteiger partial charge in [0.2, 0.25) is 11.7 Å². The fourth-order valence-electron chi connectivity index (χ4n) is 3.66. The van der Waals surface area contributed by atoms with Crippen LogP contribution in [-0.4, -0.2) is 54.8 Å². The summed E-state index contributed by atoms with van der Waals surface area (Å²) >= 11 is 0. The Bertz CT molecular complexity index is 736. The number of carbonyl (C=O) groups is 1. The molecule has 1 fully saturated rings. The molecule has 0 N–H and O–H groups in total. The highest BCUT2D eigenvalue weighted by Crippen LogP contribution is 2.38. The minimum Gasteiger partial charge on any atom is -0.493 e. The predicted octanol–water partition coefficient (Wildman–Crippen LogP) is 2.39. The summed E-state index contributed by atoms with van der Waals surface area (Å²) in [4.78, 5) is 18.9. The number of hydrogen-bond donors (Lipinski definition) is 0. The van der Waals surface area contributed by atoms with Crippen LogP contribution in [0, 0.1) is 5.92 Å². The van der Waals surface area contributed by atoms with E-state index in [1.807, 2.05) is 29.6 Å². The highest BCUT2D eigenvalue weighted by molar-refractivity contribution is 5.79. The molecule has 1 amide bonds. The lowest BCUT2D eigenvalue weighted by Crippen LogP contribution is -2.41. The van der Waals surface area contributed by atoms with Crippen molar-refractivity contribution in [1.29, 1.82) is 0 Å². The van der Waals surface area contributed by atoms with Crippen molar-refractivity contribution in [3.05, 3.63) is 36.4 Å². The lowest BCUT2D eigenvalue weighted by Gasteiger charge is -2.33. The smallest absolute Gasteiger partial charge is 0.227 e. The van der Waals surface area contributed by atoms with E-state index < -0.39 is 0 Å². The third-order valence-corrected chi connectivity index (χ3v) is 4.98. The number of carbonyl (C=O) groups excluding carboxylic acids is 1. The number of methoxy groups -OCH3 is 3. The minimum atomic E-state index is 0.125. The molecule has 2 heterocycles. The Morgan fingerprint density at radius 1 is 1.19 bits per heavy atom. The molecule has 1 atom stereocenters. The Balaban J connectivity index is 1.67. The summed E-state index contributed by atoms with van der Waals surface area (Å²) < 4.78 is 18.2. The van der Waals surface area contributed by atoms with Crippen LogP contribution in [0.3, 0.4) is 0 Å². The molecule has 1 aliphatic rings. The first-order chi connectivity index (χ1) is 13.1.